The Balaban J connectivity index is 1.33. The number of amides is 1. The lowest BCUT2D eigenvalue weighted by molar-refractivity contribution is -0.143. The Kier molecular flexibility index (Phi) is 11.1. The van der Waals surface area contributed by atoms with Crippen molar-refractivity contribution in [2.75, 3.05) is 51.9 Å². The van der Waals surface area contributed by atoms with Crippen LogP contribution in [0.5, 0.6) is 0 Å². The summed E-state index contributed by atoms with van der Waals surface area (Å²) in [6, 6.07) is 10.7. The van der Waals surface area contributed by atoms with E-state index in [-0.39, 0.29) is 18.9 Å². The van der Waals surface area contributed by atoms with Gasteiger partial charge >= 0.3 is 5.97 Å². The van der Waals surface area contributed by atoms with Crippen molar-refractivity contribution in [3.05, 3.63) is 58.8 Å². The fourth-order valence-corrected chi connectivity index (χ4v) is 5.62. The SMILES string of the molecule is CO[C@H](CF)CN(CCCCc1ccc2c(n1)NCCC2)CC[C@H](NC(=O)[C@@]1(C)COCc2ccccc21)C(=O)O. The zero-order chi connectivity index (χ0) is 29.2. The van der Waals surface area contributed by atoms with Crippen LogP contribution in [0.1, 0.15) is 55.0 Å². The predicted molar refractivity (Wildman–Crippen MR) is 155 cm³/mol. The number of carboxylic acid groups (broad SMARTS) is 1. The van der Waals surface area contributed by atoms with Crippen LogP contribution in [0.25, 0.3) is 0 Å². The second-order valence-corrected chi connectivity index (χ2v) is 11.2. The summed E-state index contributed by atoms with van der Waals surface area (Å²) < 4.78 is 24.5. The fraction of sp³-hybridized carbons (Fsp3) is 0.581. The molecule has 224 valence electrons. The summed E-state index contributed by atoms with van der Waals surface area (Å²) in [5.74, 6) is -0.498. The van der Waals surface area contributed by atoms with Gasteiger partial charge in [0.2, 0.25) is 5.91 Å². The molecule has 2 aromatic rings. The van der Waals surface area contributed by atoms with Gasteiger partial charge in [0.15, 0.2) is 0 Å². The number of aryl methyl sites for hydroxylation is 2. The lowest BCUT2D eigenvalue weighted by atomic mass is 9.78. The molecular weight excluding hydrogens is 527 g/mol. The minimum Gasteiger partial charge on any atom is -0.480 e. The number of alkyl halides is 1. The first-order valence-corrected chi connectivity index (χ1v) is 14.6. The molecule has 4 rings (SSSR count). The van der Waals surface area contributed by atoms with E-state index < -0.39 is 30.2 Å². The zero-order valence-corrected chi connectivity index (χ0v) is 24.2. The Morgan fingerprint density at radius 2 is 2.05 bits per heavy atom. The number of methoxy groups -OCH3 is 1. The average Bonchev–Trinajstić information content (AvgIpc) is 2.99. The van der Waals surface area contributed by atoms with Crippen LogP contribution in [0.2, 0.25) is 0 Å². The van der Waals surface area contributed by atoms with Crippen LogP contribution in [0.15, 0.2) is 36.4 Å². The lowest BCUT2D eigenvalue weighted by Crippen LogP contribution is -2.53. The van der Waals surface area contributed by atoms with Gasteiger partial charge in [0.1, 0.15) is 18.5 Å². The summed E-state index contributed by atoms with van der Waals surface area (Å²) >= 11 is 0. The largest absolute Gasteiger partial charge is 0.480 e. The Morgan fingerprint density at radius 3 is 2.83 bits per heavy atom. The van der Waals surface area contributed by atoms with Crippen LogP contribution in [0.4, 0.5) is 10.2 Å². The standard InChI is InChI=1S/C31H43FN4O5/c1-31(21-41-20-23-8-3-4-11-26(23)31)30(39)35-27(29(37)38)14-17-36(19-25(18-32)40-2)16-6-5-10-24-13-12-22-9-7-15-33-28(22)34-24/h3-4,8,11-13,25,27H,5-7,9-10,14-21H2,1-2H3,(H,33,34)(H,35,39)(H,37,38)/t25-,27+,31+/m1/s1. The number of aliphatic carboxylic acids is 1. The number of carbonyl (C=O) groups is 2. The van der Waals surface area contributed by atoms with E-state index >= 15 is 0 Å². The number of carboxylic acids is 1. The highest BCUT2D eigenvalue weighted by Gasteiger charge is 2.41. The molecule has 0 bridgehead atoms. The number of hydrogen-bond acceptors (Lipinski definition) is 7. The van der Waals surface area contributed by atoms with Crippen molar-refractivity contribution in [2.45, 2.75) is 69.6 Å². The topological polar surface area (TPSA) is 113 Å². The molecule has 0 fully saturated rings. The molecule has 3 heterocycles. The summed E-state index contributed by atoms with van der Waals surface area (Å²) in [4.78, 5) is 32.4. The number of anilines is 1. The molecule has 2 aliphatic rings. The van der Waals surface area contributed by atoms with E-state index in [9.17, 15) is 19.1 Å². The van der Waals surface area contributed by atoms with E-state index in [0.29, 0.717) is 26.2 Å². The first-order chi connectivity index (χ1) is 19.8. The first kappa shape index (κ1) is 30.9. The van der Waals surface area contributed by atoms with Gasteiger partial charge in [-0.1, -0.05) is 30.3 Å². The molecule has 10 heteroatoms. The average molecular weight is 571 g/mol. The van der Waals surface area contributed by atoms with Gasteiger partial charge in [0.05, 0.1) is 24.7 Å². The van der Waals surface area contributed by atoms with Crippen LogP contribution in [0.3, 0.4) is 0 Å². The van der Waals surface area contributed by atoms with Crippen LogP contribution in [-0.4, -0.2) is 85.6 Å². The van der Waals surface area contributed by atoms with Crippen molar-refractivity contribution in [3.63, 3.8) is 0 Å². The fourth-order valence-electron chi connectivity index (χ4n) is 5.62. The third-order valence-corrected chi connectivity index (χ3v) is 8.18. The van der Waals surface area contributed by atoms with Crippen LogP contribution in [0, 0.1) is 0 Å². The van der Waals surface area contributed by atoms with Crippen molar-refractivity contribution in [1.29, 1.82) is 0 Å². The number of hydrogen-bond donors (Lipinski definition) is 3. The lowest BCUT2D eigenvalue weighted by Gasteiger charge is -2.35. The molecule has 2 aliphatic heterocycles. The molecule has 9 nitrogen and oxygen atoms in total. The van der Waals surface area contributed by atoms with Gasteiger partial charge in [-0.15, -0.1) is 0 Å². The molecule has 0 saturated carbocycles. The molecule has 1 aromatic heterocycles. The number of pyridine rings is 1. The molecule has 0 saturated heterocycles. The van der Waals surface area contributed by atoms with Gasteiger partial charge < -0.3 is 30.1 Å². The third kappa shape index (κ3) is 8.02. The van der Waals surface area contributed by atoms with Gasteiger partial charge in [-0.3, -0.25) is 4.79 Å². The monoisotopic (exact) mass is 570 g/mol. The molecule has 0 radical (unpaired) electrons. The third-order valence-electron chi connectivity index (χ3n) is 8.18. The smallest absolute Gasteiger partial charge is 0.326 e. The Hall–Kier alpha value is -3.08. The summed E-state index contributed by atoms with van der Waals surface area (Å²) in [6.45, 7) is 4.07. The van der Waals surface area contributed by atoms with Gasteiger partial charge in [0, 0.05) is 32.4 Å². The molecule has 0 unspecified atom stereocenters. The van der Waals surface area contributed by atoms with E-state index in [1.165, 1.54) is 12.7 Å². The Labute approximate surface area is 241 Å². The van der Waals surface area contributed by atoms with E-state index in [1.807, 2.05) is 29.2 Å². The maximum Gasteiger partial charge on any atom is 0.326 e. The number of rotatable bonds is 15. The Bertz CT molecular complexity index is 1180. The highest BCUT2D eigenvalue weighted by molar-refractivity contribution is 5.91. The summed E-state index contributed by atoms with van der Waals surface area (Å²) in [5.41, 5.74) is 3.09. The van der Waals surface area contributed by atoms with Crippen molar-refractivity contribution in [2.24, 2.45) is 0 Å². The number of aromatic nitrogens is 1. The van der Waals surface area contributed by atoms with Crippen molar-refractivity contribution < 1.29 is 28.6 Å². The molecule has 1 aromatic carbocycles. The zero-order valence-electron chi connectivity index (χ0n) is 24.2. The van der Waals surface area contributed by atoms with E-state index in [0.717, 1.165) is 61.3 Å². The maximum atomic E-state index is 13.5. The second kappa shape index (κ2) is 14.7. The predicted octanol–water partition coefficient (Wildman–Crippen LogP) is 3.50. The van der Waals surface area contributed by atoms with Crippen LogP contribution in [-0.2, 0) is 43.9 Å². The number of carbonyl (C=O) groups excluding carboxylic acids is 1. The molecular formula is C31H43FN4O5. The minimum atomic E-state index is -1.10. The van der Waals surface area contributed by atoms with Crippen LogP contribution < -0.4 is 10.6 Å². The second-order valence-electron chi connectivity index (χ2n) is 11.2. The van der Waals surface area contributed by atoms with E-state index in [2.05, 4.69) is 22.8 Å². The highest BCUT2D eigenvalue weighted by Crippen LogP contribution is 2.32. The van der Waals surface area contributed by atoms with Crippen molar-refractivity contribution >= 4 is 17.7 Å². The quantitative estimate of drug-likeness (QED) is 0.279. The first-order valence-electron chi connectivity index (χ1n) is 14.6. The van der Waals surface area contributed by atoms with Crippen LogP contribution >= 0.6 is 0 Å². The number of unbranched alkanes of at least 4 members (excludes halogenated alkanes) is 1. The normalized spacial score (nSPS) is 19.5. The number of ether oxygens (including phenoxy) is 2. The van der Waals surface area contributed by atoms with Crippen molar-refractivity contribution in [1.82, 2.24) is 15.2 Å². The summed E-state index contributed by atoms with van der Waals surface area (Å²) in [5, 5.41) is 16.1. The number of nitrogens with zero attached hydrogens (tertiary/aromatic N) is 2. The molecule has 0 aliphatic carbocycles. The van der Waals surface area contributed by atoms with Gasteiger partial charge in [-0.2, -0.15) is 0 Å². The highest BCUT2D eigenvalue weighted by atomic mass is 19.1. The van der Waals surface area contributed by atoms with E-state index in [4.69, 9.17) is 14.5 Å². The number of nitrogens with one attached hydrogen (secondary N) is 2. The Morgan fingerprint density at radius 1 is 1.22 bits per heavy atom. The van der Waals surface area contributed by atoms with Gasteiger partial charge in [-0.25, -0.2) is 14.2 Å². The van der Waals surface area contributed by atoms with Gasteiger partial charge in [0.25, 0.3) is 0 Å². The molecule has 3 N–H and O–H groups in total. The molecule has 3 atom stereocenters. The summed E-state index contributed by atoms with van der Waals surface area (Å²) in [6.07, 6.45) is 4.32. The molecule has 1 amide bonds. The van der Waals surface area contributed by atoms with E-state index in [1.54, 1.807) is 6.92 Å². The molecule has 0 spiro atoms. The molecule has 41 heavy (non-hydrogen) atoms. The van der Waals surface area contributed by atoms with Gasteiger partial charge in [-0.05, 0) is 74.8 Å². The number of fused-ring (bicyclic) bond motifs is 2. The maximum absolute atomic E-state index is 13.5. The van der Waals surface area contributed by atoms with Crippen molar-refractivity contribution in [3.8, 4) is 0 Å². The minimum absolute atomic E-state index is 0.176. The number of benzene rings is 1. The number of halogens is 1. The summed E-state index contributed by atoms with van der Waals surface area (Å²) in [7, 11) is 1.48.